The molecule has 0 radical (unpaired) electrons. The zero-order chi connectivity index (χ0) is 19.5. The van der Waals surface area contributed by atoms with Crippen LogP contribution in [0.4, 0.5) is 0 Å². The van der Waals surface area contributed by atoms with Crippen molar-refractivity contribution in [2.45, 2.75) is 51.6 Å². The summed E-state index contributed by atoms with van der Waals surface area (Å²) in [6, 6.07) is 16.9. The van der Waals surface area contributed by atoms with Gasteiger partial charge in [0.15, 0.2) is 0 Å². The van der Waals surface area contributed by atoms with E-state index >= 15 is 0 Å². The number of thiazole rings is 1. The third-order valence-corrected chi connectivity index (χ3v) is 6.50. The van der Waals surface area contributed by atoms with Crippen molar-refractivity contribution in [3.63, 3.8) is 0 Å². The van der Waals surface area contributed by atoms with E-state index in [4.69, 9.17) is 4.74 Å². The van der Waals surface area contributed by atoms with Crippen molar-refractivity contribution in [3.05, 3.63) is 54.1 Å². The van der Waals surface area contributed by atoms with Crippen LogP contribution in [0.15, 0.2) is 48.5 Å². The van der Waals surface area contributed by atoms with Crippen LogP contribution in [0, 0.1) is 0 Å². The van der Waals surface area contributed by atoms with E-state index < -0.39 is 0 Å². The third kappa shape index (κ3) is 4.26. The van der Waals surface area contributed by atoms with Crippen LogP contribution in [0.5, 0.6) is 10.9 Å². The van der Waals surface area contributed by atoms with Crippen LogP contribution in [-0.2, 0) is 11.2 Å². The van der Waals surface area contributed by atoms with Crippen LogP contribution in [0.25, 0.3) is 10.2 Å². The fraction of sp³-hybridized carbons (Fsp3) is 0.391. The average Bonchev–Trinajstić information content (AvgIpc) is 3.34. The number of hydrogen-bond donors (Lipinski definition) is 0. The lowest BCUT2D eigenvalue weighted by Gasteiger charge is -2.29. The number of aromatic nitrogens is 1. The summed E-state index contributed by atoms with van der Waals surface area (Å²) in [4.78, 5) is 18.7. The second kappa shape index (κ2) is 8.41. The van der Waals surface area contributed by atoms with Gasteiger partial charge in [0.25, 0.3) is 5.19 Å². The number of ether oxygens (including phenoxy) is 1. The highest BCUT2D eigenvalue weighted by Crippen LogP contribution is 2.31. The van der Waals surface area contributed by atoms with Gasteiger partial charge in [0.1, 0.15) is 11.5 Å². The Bertz CT molecular complexity index is 918. The monoisotopic (exact) mass is 394 g/mol. The summed E-state index contributed by atoms with van der Waals surface area (Å²) in [6.07, 6.45) is 4.20. The largest absolute Gasteiger partial charge is 0.431 e. The lowest BCUT2D eigenvalue weighted by molar-refractivity contribution is -0.121. The topological polar surface area (TPSA) is 42.4 Å². The molecule has 2 heterocycles. The van der Waals surface area contributed by atoms with E-state index in [2.05, 4.69) is 35.0 Å². The van der Waals surface area contributed by atoms with Crippen LogP contribution >= 0.6 is 11.3 Å². The summed E-state index contributed by atoms with van der Waals surface area (Å²) in [5.41, 5.74) is 2.26. The smallest absolute Gasteiger partial charge is 0.279 e. The first kappa shape index (κ1) is 19.1. The van der Waals surface area contributed by atoms with Crippen LogP contribution in [0.3, 0.4) is 0 Å². The summed E-state index contributed by atoms with van der Waals surface area (Å²) >= 11 is 1.56. The second-order valence-corrected chi connectivity index (χ2v) is 8.58. The SMILES string of the molecule is CC(=O)C1CCCN1C(C)CCc1ccc(Oc2nc3ccccc3s2)cc1. The van der Waals surface area contributed by atoms with Crippen molar-refractivity contribution >= 4 is 27.3 Å². The molecule has 2 atom stereocenters. The molecule has 4 rings (SSSR count). The first-order valence-electron chi connectivity index (χ1n) is 9.99. The number of para-hydroxylation sites is 1. The number of carbonyl (C=O) groups excluding carboxylic acids is 1. The maximum absolute atomic E-state index is 11.8. The molecule has 2 unspecified atom stereocenters. The third-order valence-electron chi connectivity index (χ3n) is 5.58. The molecule has 1 aromatic heterocycles. The van der Waals surface area contributed by atoms with Crippen molar-refractivity contribution in [2.75, 3.05) is 6.54 Å². The Balaban J connectivity index is 1.33. The van der Waals surface area contributed by atoms with Gasteiger partial charge in [0, 0.05) is 6.04 Å². The van der Waals surface area contributed by atoms with Gasteiger partial charge < -0.3 is 4.74 Å². The molecule has 28 heavy (non-hydrogen) atoms. The molecular formula is C23H26N2O2S. The molecule has 0 N–H and O–H groups in total. The predicted octanol–water partition coefficient (Wildman–Crippen LogP) is 5.46. The second-order valence-electron chi connectivity index (χ2n) is 7.59. The van der Waals surface area contributed by atoms with E-state index in [0.29, 0.717) is 17.0 Å². The Labute approximate surface area is 170 Å². The average molecular weight is 395 g/mol. The molecule has 0 spiro atoms. The number of likely N-dealkylation sites (tertiary alicyclic amines) is 1. The molecule has 1 saturated heterocycles. The summed E-state index contributed by atoms with van der Waals surface area (Å²) < 4.78 is 7.06. The zero-order valence-electron chi connectivity index (χ0n) is 16.4. The fourth-order valence-corrected chi connectivity index (χ4v) is 4.85. The summed E-state index contributed by atoms with van der Waals surface area (Å²) in [5, 5.41) is 0.673. The van der Waals surface area contributed by atoms with Gasteiger partial charge in [-0.05, 0) is 75.9 Å². The highest BCUT2D eigenvalue weighted by molar-refractivity contribution is 7.20. The van der Waals surface area contributed by atoms with Crippen molar-refractivity contribution in [1.29, 1.82) is 0 Å². The van der Waals surface area contributed by atoms with Crippen LogP contribution in [-0.4, -0.2) is 34.3 Å². The number of fused-ring (bicyclic) bond motifs is 1. The highest BCUT2D eigenvalue weighted by Gasteiger charge is 2.31. The minimum absolute atomic E-state index is 0.125. The van der Waals surface area contributed by atoms with Crippen molar-refractivity contribution < 1.29 is 9.53 Å². The minimum atomic E-state index is 0.125. The number of hydrogen-bond acceptors (Lipinski definition) is 5. The molecule has 146 valence electrons. The van der Waals surface area contributed by atoms with Gasteiger partial charge in [0.05, 0.1) is 16.3 Å². The molecular weight excluding hydrogens is 368 g/mol. The van der Waals surface area contributed by atoms with Gasteiger partial charge in [-0.2, -0.15) is 0 Å². The van der Waals surface area contributed by atoms with Crippen LogP contribution < -0.4 is 4.74 Å². The first-order valence-corrected chi connectivity index (χ1v) is 10.8. The lowest BCUT2D eigenvalue weighted by Crippen LogP contribution is -2.41. The molecule has 4 nitrogen and oxygen atoms in total. The van der Waals surface area contributed by atoms with Crippen molar-refractivity contribution in [3.8, 4) is 10.9 Å². The van der Waals surface area contributed by atoms with Crippen LogP contribution in [0.2, 0.25) is 0 Å². The highest BCUT2D eigenvalue weighted by atomic mass is 32.1. The molecule has 1 aliphatic rings. The van der Waals surface area contributed by atoms with E-state index in [0.717, 1.165) is 48.2 Å². The predicted molar refractivity (Wildman–Crippen MR) is 114 cm³/mol. The van der Waals surface area contributed by atoms with Crippen molar-refractivity contribution in [2.24, 2.45) is 0 Å². The minimum Gasteiger partial charge on any atom is -0.431 e. The van der Waals surface area contributed by atoms with Crippen LogP contribution in [0.1, 0.15) is 38.7 Å². The summed E-state index contributed by atoms with van der Waals surface area (Å²) in [7, 11) is 0. The molecule has 0 saturated carbocycles. The Morgan fingerprint density at radius 3 is 2.79 bits per heavy atom. The lowest BCUT2D eigenvalue weighted by atomic mass is 10.0. The number of ketones is 1. The van der Waals surface area contributed by atoms with Gasteiger partial charge in [-0.3, -0.25) is 9.69 Å². The number of rotatable bonds is 7. The van der Waals surface area contributed by atoms with E-state index in [9.17, 15) is 4.79 Å². The number of aryl methyl sites for hydroxylation is 1. The van der Waals surface area contributed by atoms with Gasteiger partial charge in [-0.15, -0.1) is 0 Å². The van der Waals surface area contributed by atoms with Gasteiger partial charge >= 0.3 is 0 Å². The number of carbonyl (C=O) groups is 1. The Kier molecular flexibility index (Phi) is 5.74. The fourth-order valence-electron chi connectivity index (χ4n) is 4.01. The molecule has 3 aromatic rings. The molecule has 2 aromatic carbocycles. The number of nitrogens with zero attached hydrogens (tertiary/aromatic N) is 2. The quantitative estimate of drug-likeness (QED) is 0.533. The first-order chi connectivity index (χ1) is 13.6. The maximum Gasteiger partial charge on any atom is 0.279 e. The number of Topliss-reactive ketones (excluding diaryl/α,β-unsaturated/α-hetero) is 1. The zero-order valence-corrected chi connectivity index (χ0v) is 17.2. The van der Waals surface area contributed by atoms with Gasteiger partial charge in [-0.1, -0.05) is 35.6 Å². The molecule has 1 aliphatic heterocycles. The summed E-state index contributed by atoms with van der Waals surface area (Å²) in [6.45, 7) is 5.01. The van der Waals surface area contributed by atoms with E-state index in [1.807, 2.05) is 30.3 Å². The molecule has 0 bridgehead atoms. The normalized spacial score (nSPS) is 18.4. The van der Waals surface area contributed by atoms with Gasteiger partial charge in [-0.25, -0.2) is 4.98 Å². The van der Waals surface area contributed by atoms with E-state index in [1.54, 1.807) is 18.3 Å². The standard InChI is InChI=1S/C23H26N2O2S/c1-16(25-15-5-7-21(25)17(2)26)9-10-18-11-13-19(14-12-18)27-23-24-20-6-3-4-8-22(20)28-23/h3-4,6,8,11-14,16,21H,5,7,9-10,15H2,1-2H3. The van der Waals surface area contributed by atoms with E-state index in [1.165, 1.54) is 5.56 Å². The Morgan fingerprint density at radius 1 is 1.25 bits per heavy atom. The molecule has 5 heteroatoms. The molecule has 0 aliphatic carbocycles. The number of benzene rings is 2. The summed E-state index contributed by atoms with van der Waals surface area (Å²) in [5.74, 6) is 1.12. The van der Waals surface area contributed by atoms with Crippen molar-refractivity contribution in [1.82, 2.24) is 9.88 Å². The van der Waals surface area contributed by atoms with E-state index in [-0.39, 0.29) is 6.04 Å². The molecule has 0 amide bonds. The Hall–Kier alpha value is -2.24. The molecule has 1 fully saturated rings. The maximum atomic E-state index is 11.8. The Morgan fingerprint density at radius 2 is 2.04 bits per heavy atom. The van der Waals surface area contributed by atoms with Gasteiger partial charge in [0.2, 0.25) is 0 Å².